The van der Waals surface area contributed by atoms with Crippen molar-refractivity contribution in [2.24, 2.45) is 0 Å². The summed E-state index contributed by atoms with van der Waals surface area (Å²) in [7, 11) is -7.67. The van der Waals surface area contributed by atoms with E-state index in [-0.39, 0.29) is 5.56 Å². The van der Waals surface area contributed by atoms with E-state index < -0.39 is 41.5 Å². The Morgan fingerprint density at radius 1 is 1.05 bits per heavy atom. The minimum atomic E-state index is -3.88. The van der Waals surface area contributed by atoms with Crippen molar-refractivity contribution in [3.8, 4) is 0 Å². The largest absolute Gasteiger partial charge is 0.479 e. The molecule has 1 atom stereocenters. The minimum Gasteiger partial charge on any atom is -0.479 e. The van der Waals surface area contributed by atoms with Gasteiger partial charge in [0.2, 0.25) is 0 Å². The summed E-state index contributed by atoms with van der Waals surface area (Å²) in [5.41, 5.74) is -0.208. The summed E-state index contributed by atoms with van der Waals surface area (Å²) in [6.45, 7) is 0. The quantitative estimate of drug-likeness (QED) is 0.775. The Labute approximate surface area is 110 Å². The topological polar surface area (TPSA) is 126 Å². The van der Waals surface area contributed by atoms with Gasteiger partial charge in [0.05, 0.1) is 9.79 Å². The Balaban J connectivity index is 3.63. The fourth-order valence-corrected chi connectivity index (χ4v) is 3.86. The summed E-state index contributed by atoms with van der Waals surface area (Å²) < 4.78 is 46.0. The minimum absolute atomic E-state index is 0.208. The molecule has 0 aliphatic rings. The smallest absolute Gasteiger partial charge is 0.337 e. The molecule has 0 fully saturated rings. The van der Waals surface area contributed by atoms with Gasteiger partial charge in [-0.1, -0.05) is 6.07 Å². The van der Waals surface area contributed by atoms with Gasteiger partial charge in [-0.3, -0.25) is 0 Å². The first kappa shape index (κ1) is 15.6. The molecular formula is C10H12O7S2. The lowest BCUT2D eigenvalue weighted by Gasteiger charge is -2.11. The van der Waals surface area contributed by atoms with Gasteiger partial charge in [-0.15, -0.1) is 0 Å². The molecule has 1 aromatic carbocycles. The molecule has 0 saturated carbocycles. The van der Waals surface area contributed by atoms with Crippen LogP contribution in [0.5, 0.6) is 0 Å². The zero-order chi connectivity index (χ0) is 15.0. The van der Waals surface area contributed by atoms with Gasteiger partial charge in [-0.2, -0.15) is 0 Å². The van der Waals surface area contributed by atoms with Crippen LogP contribution in [0.2, 0.25) is 0 Å². The number of carboxylic acid groups (broad SMARTS) is 1. The van der Waals surface area contributed by atoms with Gasteiger partial charge in [0.25, 0.3) is 0 Å². The van der Waals surface area contributed by atoms with Gasteiger partial charge in [-0.05, 0) is 17.7 Å². The van der Waals surface area contributed by atoms with Crippen molar-refractivity contribution in [1.82, 2.24) is 0 Å². The Bertz CT molecular complexity index is 716. The molecular weight excluding hydrogens is 296 g/mol. The predicted molar refractivity (Wildman–Crippen MR) is 65.3 cm³/mol. The molecule has 0 spiro atoms. The van der Waals surface area contributed by atoms with E-state index in [0.29, 0.717) is 0 Å². The maximum atomic E-state index is 11.6. The van der Waals surface area contributed by atoms with Crippen molar-refractivity contribution in [2.45, 2.75) is 15.9 Å². The first-order valence-electron chi connectivity index (χ1n) is 4.89. The van der Waals surface area contributed by atoms with Crippen LogP contribution >= 0.6 is 0 Å². The molecule has 7 nitrogen and oxygen atoms in total. The Kier molecular flexibility index (Phi) is 4.03. The van der Waals surface area contributed by atoms with Crippen molar-refractivity contribution >= 4 is 25.6 Å². The van der Waals surface area contributed by atoms with E-state index in [1.165, 1.54) is 0 Å². The molecule has 0 aliphatic carbocycles. The highest BCUT2D eigenvalue weighted by Crippen LogP contribution is 2.25. The second kappa shape index (κ2) is 4.91. The lowest BCUT2D eigenvalue weighted by Crippen LogP contribution is -2.13. The number of rotatable bonds is 4. The maximum absolute atomic E-state index is 11.6. The number of aliphatic hydroxyl groups is 1. The van der Waals surface area contributed by atoms with Crippen molar-refractivity contribution in [3.05, 3.63) is 23.8 Å². The molecule has 0 amide bonds. The van der Waals surface area contributed by atoms with Gasteiger partial charge in [-0.25, -0.2) is 21.6 Å². The highest BCUT2D eigenvalue weighted by atomic mass is 32.2. The molecule has 9 heteroatoms. The zero-order valence-electron chi connectivity index (χ0n) is 10.1. The number of aliphatic carboxylic acids is 1. The molecule has 0 saturated heterocycles. The maximum Gasteiger partial charge on any atom is 0.337 e. The van der Waals surface area contributed by atoms with E-state index >= 15 is 0 Å². The van der Waals surface area contributed by atoms with Gasteiger partial charge in [0.15, 0.2) is 25.8 Å². The summed E-state index contributed by atoms with van der Waals surface area (Å²) in [5, 5.41) is 18.0. The molecule has 0 aliphatic heterocycles. The van der Waals surface area contributed by atoms with Crippen LogP contribution in [0.4, 0.5) is 0 Å². The highest BCUT2D eigenvalue weighted by Gasteiger charge is 2.24. The van der Waals surface area contributed by atoms with E-state index in [0.717, 1.165) is 30.7 Å². The lowest BCUT2D eigenvalue weighted by atomic mass is 10.1. The van der Waals surface area contributed by atoms with Crippen LogP contribution in [-0.4, -0.2) is 45.5 Å². The molecule has 1 unspecified atom stereocenters. The highest BCUT2D eigenvalue weighted by molar-refractivity contribution is 7.93. The van der Waals surface area contributed by atoms with Crippen LogP contribution in [0.1, 0.15) is 11.7 Å². The van der Waals surface area contributed by atoms with E-state index in [1.807, 2.05) is 0 Å². The number of hydrogen-bond donors (Lipinski definition) is 2. The van der Waals surface area contributed by atoms with E-state index in [1.54, 1.807) is 0 Å². The molecule has 0 bridgehead atoms. The number of carboxylic acids is 1. The second-order valence-corrected chi connectivity index (χ2v) is 7.96. The molecule has 1 rings (SSSR count). The number of benzene rings is 1. The van der Waals surface area contributed by atoms with E-state index in [9.17, 15) is 26.7 Å². The Morgan fingerprint density at radius 3 is 1.89 bits per heavy atom. The average Bonchev–Trinajstić information content (AvgIpc) is 2.24. The third-order valence-electron chi connectivity index (χ3n) is 2.32. The Morgan fingerprint density at radius 2 is 1.53 bits per heavy atom. The fourth-order valence-electron chi connectivity index (χ4n) is 1.43. The Hall–Kier alpha value is -1.45. The summed E-state index contributed by atoms with van der Waals surface area (Å²) in [4.78, 5) is 9.66. The molecule has 1 aromatic rings. The first-order chi connectivity index (χ1) is 8.44. The molecule has 106 valence electrons. The van der Waals surface area contributed by atoms with Gasteiger partial charge in [0, 0.05) is 12.5 Å². The van der Waals surface area contributed by atoms with Gasteiger partial charge < -0.3 is 10.2 Å². The van der Waals surface area contributed by atoms with Crippen LogP contribution in [0.15, 0.2) is 28.0 Å². The summed E-state index contributed by atoms with van der Waals surface area (Å²) in [5.74, 6) is -1.56. The summed E-state index contributed by atoms with van der Waals surface area (Å²) in [6, 6.07) is 2.88. The van der Waals surface area contributed by atoms with Crippen molar-refractivity contribution in [2.75, 3.05) is 12.5 Å². The summed E-state index contributed by atoms with van der Waals surface area (Å²) in [6.07, 6.45) is -0.285. The molecule has 19 heavy (non-hydrogen) atoms. The van der Waals surface area contributed by atoms with Crippen LogP contribution in [0.3, 0.4) is 0 Å². The fraction of sp³-hybridized carbons (Fsp3) is 0.300. The standard InChI is InChI=1S/C10H12O7S2/c1-18(14,15)7-4-3-6(9(11)10(12)13)5-8(7)19(2,16)17/h3-5,9,11H,1-2H3,(H,12,13). The second-order valence-electron chi connectivity index (χ2n) is 3.99. The van der Waals surface area contributed by atoms with Gasteiger partial charge in [0.1, 0.15) is 0 Å². The van der Waals surface area contributed by atoms with Crippen LogP contribution in [0, 0.1) is 0 Å². The molecule has 2 N–H and O–H groups in total. The molecule has 0 aromatic heterocycles. The molecule has 0 radical (unpaired) electrons. The van der Waals surface area contributed by atoms with E-state index in [4.69, 9.17) is 5.11 Å². The van der Waals surface area contributed by atoms with Crippen LogP contribution in [0.25, 0.3) is 0 Å². The molecule has 0 heterocycles. The SMILES string of the molecule is CS(=O)(=O)c1ccc(C(O)C(=O)O)cc1S(C)(=O)=O. The number of hydrogen-bond acceptors (Lipinski definition) is 6. The van der Waals surface area contributed by atoms with E-state index in [2.05, 4.69) is 0 Å². The average molecular weight is 308 g/mol. The lowest BCUT2D eigenvalue weighted by molar-refractivity contribution is -0.146. The predicted octanol–water partition coefficient (Wildman–Crippen LogP) is -0.388. The van der Waals surface area contributed by atoms with Crippen molar-refractivity contribution in [3.63, 3.8) is 0 Å². The number of carbonyl (C=O) groups is 1. The summed E-state index contributed by atoms with van der Waals surface area (Å²) >= 11 is 0. The monoisotopic (exact) mass is 308 g/mol. The van der Waals surface area contributed by atoms with Crippen LogP contribution < -0.4 is 0 Å². The normalized spacial score (nSPS) is 14.1. The number of sulfone groups is 2. The first-order valence-corrected chi connectivity index (χ1v) is 8.68. The van der Waals surface area contributed by atoms with Crippen LogP contribution in [-0.2, 0) is 24.5 Å². The zero-order valence-corrected chi connectivity index (χ0v) is 11.7. The van der Waals surface area contributed by atoms with Crippen molar-refractivity contribution in [1.29, 1.82) is 0 Å². The third kappa shape index (κ3) is 3.52. The van der Waals surface area contributed by atoms with Crippen molar-refractivity contribution < 1.29 is 31.8 Å². The van der Waals surface area contributed by atoms with Gasteiger partial charge >= 0.3 is 5.97 Å². The third-order valence-corrected chi connectivity index (χ3v) is 4.74. The number of aliphatic hydroxyl groups excluding tert-OH is 1.